The molecule has 0 bridgehead atoms. The predicted molar refractivity (Wildman–Crippen MR) is 66.6 cm³/mol. The Balaban J connectivity index is 2.55. The summed E-state index contributed by atoms with van der Waals surface area (Å²) in [5, 5.41) is 2.74. The van der Waals surface area contributed by atoms with Gasteiger partial charge in [0.05, 0.1) is 19.5 Å². The first-order chi connectivity index (χ1) is 8.26. The molecule has 0 aromatic heterocycles. The van der Waals surface area contributed by atoms with Crippen molar-refractivity contribution in [2.45, 2.75) is 13.5 Å². The number of hydrogen-bond acceptors (Lipinski definition) is 3. The van der Waals surface area contributed by atoms with E-state index in [4.69, 9.17) is 9.47 Å². The summed E-state index contributed by atoms with van der Waals surface area (Å²) in [5.41, 5.74) is 1.75. The monoisotopic (exact) mass is 235 g/mol. The van der Waals surface area contributed by atoms with Crippen LogP contribution in [0.4, 0.5) is 5.69 Å². The van der Waals surface area contributed by atoms with Gasteiger partial charge in [-0.25, -0.2) is 0 Å². The van der Waals surface area contributed by atoms with Crippen LogP contribution >= 0.6 is 0 Å². The third kappa shape index (κ3) is 5.17. The molecule has 0 unspecified atom stereocenters. The summed E-state index contributed by atoms with van der Waals surface area (Å²) >= 11 is 0. The molecule has 4 heteroatoms. The minimum absolute atomic E-state index is 0.215. The van der Waals surface area contributed by atoms with Gasteiger partial charge in [-0.05, 0) is 24.6 Å². The summed E-state index contributed by atoms with van der Waals surface area (Å²) < 4.78 is 9.96. The fourth-order valence-corrected chi connectivity index (χ4v) is 1.30. The quantitative estimate of drug-likeness (QED) is 0.608. The highest BCUT2D eigenvalue weighted by atomic mass is 16.5. The number of benzene rings is 1. The molecule has 0 fully saturated rings. The van der Waals surface area contributed by atoms with Crippen LogP contribution in [0.1, 0.15) is 12.5 Å². The number of hydrogen-bond donors (Lipinski definition) is 1. The van der Waals surface area contributed by atoms with E-state index in [0.717, 1.165) is 11.3 Å². The number of rotatable bonds is 6. The lowest BCUT2D eigenvalue weighted by atomic mass is 10.2. The summed E-state index contributed by atoms with van der Waals surface area (Å²) in [6.45, 7) is 2.93. The van der Waals surface area contributed by atoms with Crippen LogP contribution in [0, 0.1) is 0 Å². The van der Waals surface area contributed by atoms with Crippen molar-refractivity contribution < 1.29 is 14.3 Å². The van der Waals surface area contributed by atoms with Crippen molar-refractivity contribution in [3.05, 3.63) is 42.2 Å². The highest BCUT2D eigenvalue weighted by Gasteiger charge is 1.99. The second-order valence-corrected chi connectivity index (χ2v) is 3.38. The average Bonchev–Trinajstić information content (AvgIpc) is 2.30. The standard InChI is InChI=1S/C13H17NO3/c1-3-17-8-7-13(15)14-12-6-4-5-11(9-12)10-16-2/h4-9H,3,10H2,1-2H3,(H,14,15). The topological polar surface area (TPSA) is 47.6 Å². The molecule has 92 valence electrons. The van der Waals surface area contributed by atoms with Crippen LogP contribution < -0.4 is 5.32 Å². The Labute approximate surface area is 101 Å². The molecule has 0 aliphatic heterocycles. The Morgan fingerprint density at radius 1 is 1.47 bits per heavy atom. The minimum Gasteiger partial charge on any atom is -0.501 e. The zero-order chi connectivity index (χ0) is 12.5. The second-order valence-electron chi connectivity index (χ2n) is 3.38. The maximum Gasteiger partial charge on any atom is 0.251 e. The van der Waals surface area contributed by atoms with Gasteiger partial charge in [0, 0.05) is 18.9 Å². The smallest absolute Gasteiger partial charge is 0.251 e. The molecule has 0 heterocycles. The largest absolute Gasteiger partial charge is 0.501 e. The van der Waals surface area contributed by atoms with E-state index in [0.29, 0.717) is 13.2 Å². The van der Waals surface area contributed by atoms with Crippen molar-refractivity contribution in [1.82, 2.24) is 0 Å². The van der Waals surface area contributed by atoms with Gasteiger partial charge in [0.1, 0.15) is 0 Å². The van der Waals surface area contributed by atoms with Crippen LogP contribution in [0.2, 0.25) is 0 Å². The van der Waals surface area contributed by atoms with E-state index in [-0.39, 0.29) is 5.91 Å². The Morgan fingerprint density at radius 2 is 2.29 bits per heavy atom. The lowest BCUT2D eigenvalue weighted by Gasteiger charge is -2.05. The molecule has 0 atom stereocenters. The van der Waals surface area contributed by atoms with Crippen LogP contribution in [0.3, 0.4) is 0 Å². The molecule has 1 amide bonds. The number of methoxy groups -OCH3 is 1. The molecule has 17 heavy (non-hydrogen) atoms. The number of ether oxygens (including phenoxy) is 2. The average molecular weight is 235 g/mol. The maximum atomic E-state index is 11.4. The van der Waals surface area contributed by atoms with Gasteiger partial charge in [-0.15, -0.1) is 0 Å². The highest BCUT2D eigenvalue weighted by molar-refractivity contribution is 5.99. The third-order valence-electron chi connectivity index (χ3n) is 1.99. The van der Waals surface area contributed by atoms with E-state index in [1.807, 2.05) is 31.2 Å². The first-order valence-electron chi connectivity index (χ1n) is 5.43. The molecule has 4 nitrogen and oxygen atoms in total. The van der Waals surface area contributed by atoms with E-state index in [1.165, 1.54) is 12.3 Å². The van der Waals surface area contributed by atoms with Crippen molar-refractivity contribution in [3.63, 3.8) is 0 Å². The van der Waals surface area contributed by atoms with Gasteiger partial charge >= 0.3 is 0 Å². The highest BCUT2D eigenvalue weighted by Crippen LogP contribution is 2.11. The van der Waals surface area contributed by atoms with Gasteiger partial charge in [-0.1, -0.05) is 12.1 Å². The van der Waals surface area contributed by atoms with Crippen molar-refractivity contribution >= 4 is 11.6 Å². The van der Waals surface area contributed by atoms with E-state index >= 15 is 0 Å². The summed E-state index contributed by atoms with van der Waals surface area (Å²) in [6.07, 6.45) is 2.74. The van der Waals surface area contributed by atoms with E-state index in [2.05, 4.69) is 5.32 Å². The van der Waals surface area contributed by atoms with Crippen molar-refractivity contribution in [2.75, 3.05) is 19.0 Å². The number of anilines is 1. The molecular formula is C13H17NO3. The zero-order valence-electron chi connectivity index (χ0n) is 10.1. The van der Waals surface area contributed by atoms with E-state index in [9.17, 15) is 4.79 Å². The van der Waals surface area contributed by atoms with Crippen LogP contribution in [-0.2, 0) is 20.9 Å². The Morgan fingerprint density at radius 3 is 3.00 bits per heavy atom. The second kappa shape index (κ2) is 7.46. The molecule has 1 aromatic rings. The fraction of sp³-hybridized carbons (Fsp3) is 0.308. The Bertz CT molecular complexity index is 388. The van der Waals surface area contributed by atoms with Gasteiger partial charge in [0.25, 0.3) is 5.91 Å². The molecule has 1 N–H and O–H groups in total. The molecule has 0 aliphatic rings. The summed E-state index contributed by atoms with van der Waals surface area (Å²) in [4.78, 5) is 11.4. The van der Waals surface area contributed by atoms with Gasteiger partial charge in [-0.2, -0.15) is 0 Å². The normalized spacial score (nSPS) is 10.5. The number of amides is 1. The Hall–Kier alpha value is -1.81. The minimum atomic E-state index is -0.215. The van der Waals surface area contributed by atoms with Gasteiger partial charge in [0.15, 0.2) is 0 Å². The van der Waals surface area contributed by atoms with Crippen LogP contribution in [0.25, 0.3) is 0 Å². The van der Waals surface area contributed by atoms with Gasteiger partial charge in [-0.3, -0.25) is 4.79 Å². The van der Waals surface area contributed by atoms with Crippen LogP contribution in [-0.4, -0.2) is 19.6 Å². The summed E-state index contributed by atoms with van der Waals surface area (Å²) in [7, 11) is 1.63. The van der Waals surface area contributed by atoms with E-state index in [1.54, 1.807) is 7.11 Å². The molecular weight excluding hydrogens is 218 g/mol. The molecule has 0 radical (unpaired) electrons. The number of nitrogens with one attached hydrogen (secondary N) is 1. The molecule has 0 saturated carbocycles. The summed E-state index contributed by atoms with van der Waals surface area (Å²) in [5.74, 6) is -0.215. The van der Waals surface area contributed by atoms with Crippen LogP contribution in [0.15, 0.2) is 36.6 Å². The van der Waals surface area contributed by atoms with Crippen LogP contribution in [0.5, 0.6) is 0 Å². The zero-order valence-corrected chi connectivity index (χ0v) is 10.1. The van der Waals surface area contributed by atoms with Gasteiger partial charge in [0.2, 0.25) is 0 Å². The Kier molecular flexibility index (Phi) is 5.82. The fourth-order valence-electron chi connectivity index (χ4n) is 1.30. The molecule has 0 saturated heterocycles. The van der Waals surface area contributed by atoms with Crippen molar-refractivity contribution in [1.29, 1.82) is 0 Å². The van der Waals surface area contributed by atoms with Crippen molar-refractivity contribution in [2.24, 2.45) is 0 Å². The van der Waals surface area contributed by atoms with Gasteiger partial charge < -0.3 is 14.8 Å². The number of carbonyl (C=O) groups is 1. The molecule has 0 aliphatic carbocycles. The molecule has 1 rings (SSSR count). The van der Waals surface area contributed by atoms with Crippen molar-refractivity contribution in [3.8, 4) is 0 Å². The maximum absolute atomic E-state index is 11.4. The van der Waals surface area contributed by atoms with E-state index < -0.39 is 0 Å². The predicted octanol–water partition coefficient (Wildman–Crippen LogP) is 2.32. The lowest BCUT2D eigenvalue weighted by Crippen LogP contribution is -2.08. The number of carbonyl (C=O) groups excluding carboxylic acids is 1. The lowest BCUT2D eigenvalue weighted by molar-refractivity contribution is -0.112. The third-order valence-corrected chi connectivity index (χ3v) is 1.99. The first kappa shape index (κ1) is 13.3. The summed E-state index contributed by atoms with van der Waals surface area (Å²) in [6, 6.07) is 7.51. The SMILES string of the molecule is CCOC=CC(=O)Nc1cccc(COC)c1. The molecule has 1 aromatic carbocycles. The first-order valence-corrected chi connectivity index (χ1v) is 5.43. The molecule has 0 spiro atoms.